The molecule has 9 heteroatoms. The third-order valence-corrected chi connectivity index (χ3v) is 7.22. The van der Waals surface area contributed by atoms with E-state index >= 15 is 0 Å². The Balaban J connectivity index is 2.15. The number of hydrogen-bond acceptors (Lipinski definition) is 4. The van der Waals surface area contributed by atoms with E-state index in [-0.39, 0.29) is 10.6 Å². The molecule has 3 aromatic carbocycles. The summed E-state index contributed by atoms with van der Waals surface area (Å²) in [5, 5.41) is 2.45. The van der Waals surface area contributed by atoms with Crippen molar-refractivity contribution in [2.75, 3.05) is 0 Å². The zero-order chi connectivity index (χ0) is 19.4. The monoisotopic (exact) mass is 422 g/mol. The first-order chi connectivity index (χ1) is 12.8. The van der Waals surface area contributed by atoms with E-state index in [1.54, 1.807) is 30.3 Å². The normalized spacial score (nSPS) is 13.7. The summed E-state index contributed by atoms with van der Waals surface area (Å²) in [4.78, 5) is -0.188. The minimum absolute atomic E-state index is 0.188. The Morgan fingerprint density at radius 3 is 2.04 bits per heavy atom. The maximum Gasteiger partial charge on any atom is 0.357 e. The van der Waals surface area contributed by atoms with Crippen LogP contribution < -0.4 is 20.1 Å². The quantitative estimate of drug-likeness (QED) is 0.359. The summed E-state index contributed by atoms with van der Waals surface area (Å²) in [5.74, 6) is 0.225. The fourth-order valence-electron chi connectivity index (χ4n) is 2.56. The van der Waals surface area contributed by atoms with Crippen LogP contribution in [0.2, 0.25) is 0 Å². The van der Waals surface area contributed by atoms with Gasteiger partial charge in [0.2, 0.25) is 0 Å². The highest BCUT2D eigenvalue weighted by Gasteiger charge is 2.20. The van der Waals surface area contributed by atoms with Gasteiger partial charge in [0.25, 0.3) is 10.1 Å². The van der Waals surface area contributed by atoms with Gasteiger partial charge in [0.15, 0.2) is 0 Å². The third kappa shape index (κ3) is 5.00. The summed E-state index contributed by atoms with van der Waals surface area (Å²) in [6.07, 6.45) is 0. The van der Waals surface area contributed by atoms with E-state index in [1.165, 1.54) is 12.1 Å². The largest absolute Gasteiger partial charge is 0.380 e. The molecule has 0 fully saturated rings. The predicted molar refractivity (Wildman–Crippen MR) is 106 cm³/mol. The first kappa shape index (κ1) is 19.7. The van der Waals surface area contributed by atoms with Crippen LogP contribution in [-0.2, 0) is 21.5 Å². The molecule has 0 saturated heterocycles. The first-order valence-corrected chi connectivity index (χ1v) is 11.5. The van der Waals surface area contributed by atoms with Crippen molar-refractivity contribution in [3.05, 3.63) is 78.9 Å². The predicted octanol–water partition coefficient (Wildman–Crippen LogP) is 2.21. The second-order valence-electron chi connectivity index (χ2n) is 5.44. The van der Waals surface area contributed by atoms with Gasteiger partial charge in [-0.3, -0.25) is 9.11 Å². The first-order valence-electron chi connectivity index (χ1n) is 7.66. The summed E-state index contributed by atoms with van der Waals surface area (Å²) in [6, 6.07) is 22.3. The molecule has 2 N–H and O–H groups in total. The van der Waals surface area contributed by atoms with Crippen LogP contribution in [0, 0.1) is 0 Å². The number of rotatable bonds is 6. The fourth-order valence-corrected chi connectivity index (χ4v) is 5.81. The van der Waals surface area contributed by atoms with E-state index in [9.17, 15) is 17.2 Å². The van der Waals surface area contributed by atoms with Crippen molar-refractivity contribution in [3.8, 4) is 5.75 Å². The highest BCUT2D eigenvalue weighted by atomic mass is 32.2. The minimum atomic E-state index is -4.33. The molecule has 6 nitrogen and oxygen atoms in total. The zero-order valence-corrected chi connectivity index (χ0v) is 16.3. The summed E-state index contributed by atoms with van der Waals surface area (Å²) < 4.78 is 57.2. The summed E-state index contributed by atoms with van der Waals surface area (Å²) >= 11 is -2.45. The lowest BCUT2D eigenvalue weighted by Gasteiger charge is -2.20. The second kappa shape index (κ2) is 8.29. The van der Waals surface area contributed by atoms with Crippen molar-refractivity contribution in [1.82, 2.24) is 0 Å². The van der Waals surface area contributed by atoms with Crippen LogP contribution in [-0.4, -0.2) is 21.7 Å². The van der Waals surface area contributed by atoms with Gasteiger partial charge in [-0.15, -0.1) is 0 Å². The van der Waals surface area contributed by atoms with Crippen LogP contribution in [0.3, 0.4) is 0 Å². The van der Waals surface area contributed by atoms with Gasteiger partial charge in [0, 0.05) is 0 Å². The topological polar surface area (TPSA) is 101 Å². The molecule has 0 saturated carbocycles. The lowest BCUT2D eigenvalue weighted by molar-refractivity contribution is 0.458. The third-order valence-electron chi connectivity index (χ3n) is 3.63. The maximum absolute atomic E-state index is 11.5. The van der Waals surface area contributed by atoms with E-state index in [1.807, 2.05) is 36.4 Å². The molecule has 0 bridgehead atoms. The van der Waals surface area contributed by atoms with E-state index in [0.29, 0.717) is 5.30 Å². The van der Waals surface area contributed by atoms with Gasteiger partial charge in [-0.1, -0.05) is 54.6 Å². The molecule has 0 aliphatic rings. The van der Waals surface area contributed by atoms with E-state index in [0.717, 1.165) is 10.6 Å². The Bertz CT molecular complexity index is 1070. The smallest absolute Gasteiger partial charge is 0.357 e. The Morgan fingerprint density at radius 1 is 0.815 bits per heavy atom. The standard InChI is InChI=1S/C18H15O6PS2/c19-26(20)24-14-6-4-9-16(12-14)25(15-7-2-1-3-8-15)17-10-5-11-18(13-17)27(21,22)23/h1-13H,(H,19,20)(H,21,22,23). The van der Waals surface area contributed by atoms with Crippen LogP contribution in [0.15, 0.2) is 83.8 Å². The minimum Gasteiger partial charge on any atom is -0.380 e. The molecule has 0 aromatic heterocycles. The lowest BCUT2D eigenvalue weighted by atomic mass is 10.3. The molecule has 140 valence electrons. The maximum atomic E-state index is 11.5. The highest BCUT2D eigenvalue weighted by molar-refractivity contribution is 7.86. The molecular formula is C18H15O6PS2. The van der Waals surface area contributed by atoms with Crippen molar-refractivity contribution in [3.63, 3.8) is 0 Å². The van der Waals surface area contributed by atoms with Gasteiger partial charge in [0.1, 0.15) is 5.75 Å². The molecule has 27 heavy (non-hydrogen) atoms. The summed E-state index contributed by atoms with van der Waals surface area (Å²) in [7, 11) is -5.52. The molecule has 0 amide bonds. The van der Waals surface area contributed by atoms with Crippen LogP contribution >= 0.6 is 7.92 Å². The van der Waals surface area contributed by atoms with Crippen LogP contribution in [0.4, 0.5) is 0 Å². The molecule has 0 radical (unpaired) electrons. The van der Waals surface area contributed by atoms with Crippen LogP contribution in [0.1, 0.15) is 0 Å². The molecule has 0 spiro atoms. The van der Waals surface area contributed by atoms with Crippen molar-refractivity contribution < 1.29 is 25.9 Å². The Hall–Kier alpha value is -2.09. The SMILES string of the molecule is O=S(O)Oc1cccc(P(c2ccccc2)c2cccc(S(=O)(=O)O)c2)c1. The molecule has 3 aromatic rings. The van der Waals surface area contributed by atoms with E-state index in [2.05, 4.69) is 0 Å². The molecule has 0 heterocycles. The summed E-state index contributed by atoms with van der Waals surface area (Å²) in [5.41, 5.74) is 0. The molecule has 3 rings (SSSR count). The average Bonchev–Trinajstić information content (AvgIpc) is 2.62. The highest BCUT2D eigenvalue weighted by Crippen LogP contribution is 2.34. The van der Waals surface area contributed by atoms with Gasteiger partial charge >= 0.3 is 11.4 Å². The van der Waals surface area contributed by atoms with Gasteiger partial charge in [-0.05, 0) is 48.1 Å². The van der Waals surface area contributed by atoms with Crippen molar-refractivity contribution >= 4 is 45.3 Å². The zero-order valence-electron chi connectivity index (χ0n) is 13.8. The average molecular weight is 422 g/mol. The van der Waals surface area contributed by atoms with Crippen LogP contribution in [0.25, 0.3) is 0 Å². The van der Waals surface area contributed by atoms with Crippen molar-refractivity contribution in [2.24, 2.45) is 0 Å². The molecule has 2 unspecified atom stereocenters. The fraction of sp³-hybridized carbons (Fsp3) is 0. The Kier molecular flexibility index (Phi) is 6.04. The molecule has 2 atom stereocenters. The van der Waals surface area contributed by atoms with Crippen LogP contribution in [0.5, 0.6) is 5.75 Å². The molecule has 0 aliphatic heterocycles. The van der Waals surface area contributed by atoms with E-state index < -0.39 is 29.4 Å². The van der Waals surface area contributed by atoms with Gasteiger partial charge < -0.3 is 4.18 Å². The molecule has 0 aliphatic carbocycles. The number of benzene rings is 3. The number of hydrogen-bond donors (Lipinski definition) is 2. The van der Waals surface area contributed by atoms with Crippen molar-refractivity contribution in [1.29, 1.82) is 0 Å². The van der Waals surface area contributed by atoms with E-state index in [4.69, 9.17) is 8.74 Å². The van der Waals surface area contributed by atoms with Gasteiger partial charge in [-0.2, -0.15) is 12.6 Å². The van der Waals surface area contributed by atoms with Gasteiger partial charge in [0.05, 0.1) is 4.90 Å². The van der Waals surface area contributed by atoms with Crippen molar-refractivity contribution in [2.45, 2.75) is 4.90 Å². The second-order valence-corrected chi connectivity index (χ2v) is 9.68. The van der Waals surface area contributed by atoms with Gasteiger partial charge in [-0.25, -0.2) is 0 Å². The Labute approximate surface area is 160 Å². The lowest BCUT2D eigenvalue weighted by Crippen LogP contribution is -2.21. The Morgan fingerprint density at radius 2 is 1.41 bits per heavy atom. The summed E-state index contributed by atoms with van der Waals surface area (Å²) in [6.45, 7) is 0. The molecular weight excluding hydrogens is 407 g/mol.